The van der Waals surface area contributed by atoms with Crippen LogP contribution in [0.25, 0.3) is 10.9 Å². The van der Waals surface area contributed by atoms with E-state index in [1.807, 2.05) is 60.8 Å². The fraction of sp³-hybridized carbons (Fsp3) is 0.161. The van der Waals surface area contributed by atoms with Crippen LogP contribution in [0.2, 0.25) is 0 Å². The van der Waals surface area contributed by atoms with Crippen LogP contribution in [0, 0.1) is 5.82 Å². The van der Waals surface area contributed by atoms with Gasteiger partial charge in [0.15, 0.2) is 0 Å². The summed E-state index contributed by atoms with van der Waals surface area (Å²) in [6.07, 6.45) is 8.10. The molecule has 0 saturated heterocycles. The van der Waals surface area contributed by atoms with E-state index in [-0.39, 0.29) is 11.7 Å². The van der Waals surface area contributed by atoms with Gasteiger partial charge in [-0.25, -0.2) is 9.38 Å². The SMILES string of the molecule is O=C(Nc1ccccc1)c1c(N=Cc2cn(Cc3ccc(F)cc3)c3ccccc23)sc2c1CCCC2. The number of hydrogen-bond donors (Lipinski definition) is 1. The number of aryl methyl sites for hydroxylation is 1. The second-order valence-corrected chi connectivity index (χ2v) is 10.4. The molecule has 6 rings (SSSR count). The van der Waals surface area contributed by atoms with Crippen LogP contribution < -0.4 is 5.32 Å². The van der Waals surface area contributed by atoms with Crippen molar-refractivity contribution in [2.75, 3.05) is 5.32 Å². The predicted molar refractivity (Wildman–Crippen MR) is 150 cm³/mol. The molecular formula is C31H26FN3OS. The van der Waals surface area contributed by atoms with E-state index in [0.29, 0.717) is 12.1 Å². The van der Waals surface area contributed by atoms with Gasteiger partial charge in [0.05, 0.1) is 5.56 Å². The van der Waals surface area contributed by atoms with Gasteiger partial charge in [0, 0.05) is 46.0 Å². The van der Waals surface area contributed by atoms with Crippen LogP contribution in [0.3, 0.4) is 0 Å². The lowest BCUT2D eigenvalue weighted by molar-refractivity contribution is 0.102. The highest BCUT2D eigenvalue weighted by molar-refractivity contribution is 7.16. The van der Waals surface area contributed by atoms with E-state index in [0.717, 1.165) is 64.0 Å². The van der Waals surface area contributed by atoms with Crippen molar-refractivity contribution >= 4 is 45.0 Å². The molecule has 1 aliphatic carbocycles. The molecule has 0 atom stereocenters. The molecule has 0 unspecified atom stereocenters. The molecule has 0 spiro atoms. The summed E-state index contributed by atoms with van der Waals surface area (Å²) in [5, 5.41) is 4.91. The zero-order chi connectivity index (χ0) is 25.2. The van der Waals surface area contributed by atoms with Crippen LogP contribution in [0.4, 0.5) is 15.1 Å². The van der Waals surface area contributed by atoms with E-state index >= 15 is 0 Å². The van der Waals surface area contributed by atoms with Gasteiger partial charge in [-0.1, -0.05) is 48.5 Å². The van der Waals surface area contributed by atoms with Crippen molar-refractivity contribution in [3.8, 4) is 0 Å². The molecular weight excluding hydrogens is 481 g/mol. The minimum absolute atomic E-state index is 0.100. The maximum absolute atomic E-state index is 13.4. The van der Waals surface area contributed by atoms with Gasteiger partial charge in [0.2, 0.25) is 0 Å². The molecule has 4 nitrogen and oxygen atoms in total. The quantitative estimate of drug-likeness (QED) is 0.235. The molecule has 5 aromatic rings. The van der Waals surface area contributed by atoms with Gasteiger partial charge >= 0.3 is 0 Å². The zero-order valence-corrected chi connectivity index (χ0v) is 21.1. The first-order valence-corrected chi connectivity index (χ1v) is 13.3. The van der Waals surface area contributed by atoms with Crippen LogP contribution in [0.5, 0.6) is 0 Å². The molecule has 1 aliphatic rings. The Morgan fingerprint density at radius 2 is 1.73 bits per heavy atom. The van der Waals surface area contributed by atoms with Crippen LogP contribution in [0.1, 0.15) is 44.8 Å². The van der Waals surface area contributed by atoms with E-state index in [1.54, 1.807) is 11.3 Å². The Kier molecular flexibility index (Phi) is 6.41. The summed E-state index contributed by atoms with van der Waals surface area (Å²) in [4.78, 5) is 19.6. The second kappa shape index (κ2) is 10.1. The van der Waals surface area contributed by atoms with E-state index < -0.39 is 0 Å². The molecule has 6 heteroatoms. The third-order valence-corrected chi connectivity index (χ3v) is 8.02. The minimum atomic E-state index is -0.236. The van der Waals surface area contributed by atoms with Gasteiger partial charge in [0.25, 0.3) is 5.91 Å². The molecule has 184 valence electrons. The van der Waals surface area contributed by atoms with Gasteiger partial charge in [0.1, 0.15) is 10.8 Å². The number of anilines is 1. The molecule has 0 bridgehead atoms. The number of carbonyl (C=O) groups is 1. The number of hydrogen-bond acceptors (Lipinski definition) is 3. The number of aromatic nitrogens is 1. The number of nitrogens with one attached hydrogen (secondary N) is 1. The average molecular weight is 508 g/mol. The molecule has 1 amide bonds. The van der Waals surface area contributed by atoms with Crippen molar-refractivity contribution in [3.05, 3.63) is 118 Å². The maximum Gasteiger partial charge on any atom is 0.259 e. The highest BCUT2D eigenvalue weighted by Gasteiger charge is 2.25. The largest absolute Gasteiger partial charge is 0.342 e. The van der Waals surface area contributed by atoms with Gasteiger partial charge in [-0.3, -0.25) is 4.79 Å². The third-order valence-electron chi connectivity index (χ3n) is 6.82. The van der Waals surface area contributed by atoms with Crippen molar-refractivity contribution in [3.63, 3.8) is 0 Å². The number of carbonyl (C=O) groups excluding carboxylic acids is 1. The summed E-state index contributed by atoms with van der Waals surface area (Å²) in [7, 11) is 0. The summed E-state index contributed by atoms with van der Waals surface area (Å²) in [5.74, 6) is -0.337. The monoisotopic (exact) mass is 507 g/mol. The molecule has 0 fully saturated rings. The number of benzene rings is 3. The van der Waals surface area contributed by atoms with Gasteiger partial charge < -0.3 is 9.88 Å². The Morgan fingerprint density at radius 1 is 0.973 bits per heavy atom. The molecule has 0 radical (unpaired) electrons. The molecule has 37 heavy (non-hydrogen) atoms. The smallest absolute Gasteiger partial charge is 0.259 e. The Labute approximate surface area is 219 Å². The van der Waals surface area contributed by atoms with Crippen molar-refractivity contribution in [2.45, 2.75) is 32.2 Å². The van der Waals surface area contributed by atoms with E-state index in [4.69, 9.17) is 4.99 Å². The fourth-order valence-electron chi connectivity index (χ4n) is 5.02. The normalized spacial score (nSPS) is 13.2. The molecule has 0 saturated carbocycles. The van der Waals surface area contributed by atoms with Crippen molar-refractivity contribution in [2.24, 2.45) is 4.99 Å². The Morgan fingerprint density at radius 3 is 2.57 bits per heavy atom. The van der Waals surface area contributed by atoms with Gasteiger partial charge in [-0.2, -0.15) is 0 Å². The summed E-state index contributed by atoms with van der Waals surface area (Å²) in [6.45, 7) is 0.632. The highest BCUT2D eigenvalue weighted by atomic mass is 32.1. The van der Waals surface area contributed by atoms with Crippen LogP contribution in [-0.4, -0.2) is 16.7 Å². The fourth-order valence-corrected chi connectivity index (χ4v) is 6.25. The van der Waals surface area contributed by atoms with Crippen molar-refractivity contribution in [1.82, 2.24) is 4.57 Å². The standard InChI is InChI=1S/C31H26FN3OS/c32-23-16-14-21(15-17-23)19-35-20-22(25-10-4-6-12-27(25)35)18-33-31-29(26-11-5-7-13-28(26)37-31)30(36)34-24-8-2-1-3-9-24/h1-4,6,8-10,12,14-18,20H,5,7,11,13,19H2,(H,34,36). The Balaban J connectivity index is 1.36. The van der Waals surface area contributed by atoms with E-state index in [2.05, 4.69) is 28.2 Å². The number of aliphatic imine (C=N–C) groups is 1. The number of fused-ring (bicyclic) bond motifs is 2. The molecule has 2 heterocycles. The number of halogens is 1. The molecule has 1 N–H and O–H groups in total. The average Bonchev–Trinajstić information content (AvgIpc) is 3.47. The van der Waals surface area contributed by atoms with Gasteiger partial charge in [-0.05, 0) is 67.1 Å². The summed E-state index contributed by atoms with van der Waals surface area (Å²) < 4.78 is 15.5. The summed E-state index contributed by atoms with van der Waals surface area (Å²) in [5.41, 5.74) is 5.73. The maximum atomic E-state index is 13.4. The first kappa shape index (κ1) is 23.4. The van der Waals surface area contributed by atoms with Crippen molar-refractivity contribution in [1.29, 1.82) is 0 Å². The molecule has 2 aromatic heterocycles. The highest BCUT2D eigenvalue weighted by Crippen LogP contribution is 2.40. The Hall–Kier alpha value is -4.03. The summed E-state index contributed by atoms with van der Waals surface area (Å²) in [6, 6.07) is 24.4. The van der Waals surface area contributed by atoms with Crippen LogP contribution in [0.15, 0.2) is 90.1 Å². The molecule has 3 aromatic carbocycles. The summed E-state index contributed by atoms with van der Waals surface area (Å²) >= 11 is 1.64. The number of nitrogens with zero attached hydrogens (tertiary/aromatic N) is 2. The number of rotatable bonds is 6. The Bertz CT molecular complexity index is 1600. The number of amides is 1. The van der Waals surface area contributed by atoms with Crippen molar-refractivity contribution < 1.29 is 9.18 Å². The van der Waals surface area contributed by atoms with Crippen LogP contribution >= 0.6 is 11.3 Å². The number of thiophene rings is 1. The lowest BCUT2D eigenvalue weighted by Gasteiger charge is -2.12. The minimum Gasteiger partial charge on any atom is -0.342 e. The topological polar surface area (TPSA) is 46.4 Å². The predicted octanol–water partition coefficient (Wildman–Crippen LogP) is 7.77. The lowest BCUT2D eigenvalue weighted by atomic mass is 9.95. The van der Waals surface area contributed by atoms with Crippen LogP contribution in [-0.2, 0) is 19.4 Å². The second-order valence-electron chi connectivity index (χ2n) is 9.33. The first-order chi connectivity index (χ1) is 18.2. The van der Waals surface area contributed by atoms with Gasteiger partial charge in [-0.15, -0.1) is 11.3 Å². The third kappa shape index (κ3) is 4.85. The van der Waals surface area contributed by atoms with E-state index in [1.165, 1.54) is 17.0 Å². The lowest BCUT2D eigenvalue weighted by Crippen LogP contribution is -2.14. The first-order valence-electron chi connectivity index (χ1n) is 12.5. The molecule has 0 aliphatic heterocycles. The number of para-hydroxylation sites is 2. The van der Waals surface area contributed by atoms with E-state index in [9.17, 15) is 9.18 Å². The zero-order valence-electron chi connectivity index (χ0n) is 20.3.